The Morgan fingerprint density at radius 1 is 1.08 bits per heavy atom. The second kappa shape index (κ2) is 8.31. The van der Waals surface area contributed by atoms with Crippen LogP contribution in [0.5, 0.6) is 0 Å². The van der Waals surface area contributed by atoms with Crippen molar-refractivity contribution >= 4 is 53.9 Å². The molecule has 0 unspecified atom stereocenters. The summed E-state index contributed by atoms with van der Waals surface area (Å²) in [5.41, 5.74) is 0. The molecule has 0 radical (unpaired) electrons. The van der Waals surface area contributed by atoms with Gasteiger partial charge in [0.1, 0.15) is 0 Å². The van der Waals surface area contributed by atoms with Gasteiger partial charge in [0.05, 0.1) is 0 Å². The molecular weight excluding hydrogens is 227 g/mol. The van der Waals surface area contributed by atoms with E-state index < -0.39 is 8.32 Å². The van der Waals surface area contributed by atoms with Gasteiger partial charge in [0.25, 0.3) is 0 Å². The molecule has 68 valence electrons. The normalized spacial score (nSPS) is 8.85. The Hall–Kier alpha value is 0.986. The minimum Gasteiger partial charge on any atom is -1.00 e. The molecule has 1 nitrogen and oxygen atoms in total. The van der Waals surface area contributed by atoms with E-state index in [2.05, 4.69) is 0 Å². The SMILES string of the molecule is C[Si](C)([O-])c1ccccc1.[AlH3].[Cl-].[Mg+2]. The molecule has 1 aromatic rings. The van der Waals surface area contributed by atoms with Crippen molar-refractivity contribution in [2.45, 2.75) is 13.1 Å². The fourth-order valence-electron chi connectivity index (χ4n) is 0.840. The monoisotopic (exact) mass is 240 g/mol. The molecule has 0 aliphatic rings. The molecule has 0 heterocycles. The third-order valence-electron chi connectivity index (χ3n) is 1.47. The van der Waals surface area contributed by atoms with Gasteiger partial charge < -0.3 is 17.2 Å². The van der Waals surface area contributed by atoms with Crippen LogP contribution >= 0.6 is 0 Å². The number of rotatable bonds is 1. The average Bonchev–Trinajstić information content (AvgIpc) is 1.88. The average molecular weight is 241 g/mol. The Labute approximate surface area is 114 Å². The first-order valence-electron chi connectivity index (χ1n) is 3.36. The summed E-state index contributed by atoms with van der Waals surface area (Å²) in [5, 5.41) is 0.981. The molecule has 1 rings (SSSR count). The third kappa shape index (κ3) is 6.98. The molecule has 0 saturated carbocycles. The van der Waals surface area contributed by atoms with Gasteiger partial charge in [-0.05, 0) is 8.32 Å². The van der Waals surface area contributed by atoms with E-state index in [1.807, 2.05) is 43.4 Å². The Bertz CT molecular complexity index is 215. The van der Waals surface area contributed by atoms with Crippen molar-refractivity contribution in [3.63, 3.8) is 0 Å². The van der Waals surface area contributed by atoms with Crippen LogP contribution < -0.4 is 22.4 Å². The van der Waals surface area contributed by atoms with E-state index >= 15 is 0 Å². The van der Waals surface area contributed by atoms with Crippen molar-refractivity contribution in [3.05, 3.63) is 30.3 Å². The van der Waals surface area contributed by atoms with Gasteiger partial charge in [-0.1, -0.05) is 48.6 Å². The van der Waals surface area contributed by atoms with E-state index in [1.165, 1.54) is 0 Å². The number of benzene rings is 1. The topological polar surface area (TPSA) is 23.1 Å². The van der Waals surface area contributed by atoms with Crippen molar-refractivity contribution in [2.24, 2.45) is 0 Å². The molecule has 0 spiro atoms. The maximum Gasteiger partial charge on any atom is 2.00 e. The second-order valence-corrected chi connectivity index (χ2v) is 6.47. The molecule has 0 saturated heterocycles. The summed E-state index contributed by atoms with van der Waals surface area (Å²) in [7, 11) is -2.28. The third-order valence-corrected chi connectivity index (χ3v) is 3.19. The Morgan fingerprint density at radius 3 is 1.69 bits per heavy atom. The van der Waals surface area contributed by atoms with E-state index in [0.29, 0.717) is 0 Å². The molecule has 0 aromatic heterocycles. The Morgan fingerprint density at radius 2 is 1.46 bits per heavy atom. The fourth-order valence-corrected chi connectivity index (χ4v) is 1.83. The molecular formula is C8H14AlClMgOSi. The van der Waals surface area contributed by atoms with Gasteiger partial charge >= 0.3 is 23.1 Å². The molecule has 0 aliphatic carbocycles. The van der Waals surface area contributed by atoms with Crippen LogP contribution in [0.25, 0.3) is 0 Å². The number of hydrogen-bond donors (Lipinski definition) is 0. The molecule has 0 bridgehead atoms. The van der Waals surface area contributed by atoms with E-state index in [4.69, 9.17) is 0 Å². The van der Waals surface area contributed by atoms with E-state index in [9.17, 15) is 4.80 Å². The smallest absolute Gasteiger partial charge is 1.00 e. The number of halogens is 1. The maximum atomic E-state index is 11.4. The summed E-state index contributed by atoms with van der Waals surface area (Å²) < 4.78 is 0. The first-order chi connectivity index (χ1) is 4.61. The van der Waals surface area contributed by atoms with Gasteiger partial charge in [-0.2, -0.15) is 0 Å². The zero-order chi connectivity index (χ0) is 7.61. The predicted molar refractivity (Wildman–Crippen MR) is 59.3 cm³/mol. The van der Waals surface area contributed by atoms with Crippen LogP contribution in [0.15, 0.2) is 30.3 Å². The predicted octanol–water partition coefficient (Wildman–Crippen LogP) is -4.10. The first-order valence-corrected chi connectivity index (χ1v) is 6.27. The minimum atomic E-state index is -2.28. The minimum absolute atomic E-state index is 0. The van der Waals surface area contributed by atoms with Crippen molar-refractivity contribution < 1.29 is 17.2 Å². The van der Waals surface area contributed by atoms with E-state index in [0.717, 1.165) is 5.19 Å². The molecule has 0 atom stereocenters. The maximum absolute atomic E-state index is 11.4. The van der Waals surface area contributed by atoms with Crippen LogP contribution in [0, 0.1) is 0 Å². The van der Waals surface area contributed by atoms with Crippen LogP contribution in [-0.2, 0) is 0 Å². The van der Waals surface area contributed by atoms with Crippen LogP contribution in [0.3, 0.4) is 0 Å². The summed E-state index contributed by atoms with van der Waals surface area (Å²) in [6.07, 6.45) is 0. The van der Waals surface area contributed by atoms with Crippen molar-refractivity contribution in [3.8, 4) is 0 Å². The van der Waals surface area contributed by atoms with Gasteiger partial charge in [0, 0.05) is 0 Å². The van der Waals surface area contributed by atoms with Gasteiger partial charge in [0.2, 0.25) is 0 Å². The van der Waals surface area contributed by atoms with Crippen LogP contribution in [0.1, 0.15) is 0 Å². The van der Waals surface area contributed by atoms with Crippen molar-refractivity contribution in [2.75, 3.05) is 0 Å². The molecule has 1 aromatic carbocycles. The van der Waals surface area contributed by atoms with Crippen molar-refractivity contribution in [1.82, 2.24) is 0 Å². The summed E-state index contributed by atoms with van der Waals surface area (Å²) >= 11 is 0. The van der Waals surface area contributed by atoms with Crippen LogP contribution in [0.2, 0.25) is 13.1 Å². The molecule has 5 heteroatoms. The summed E-state index contributed by atoms with van der Waals surface area (Å²) in [6, 6.07) is 9.60. The zero-order valence-corrected chi connectivity index (χ0v) is 10.6. The Balaban J connectivity index is -0.000000333. The Kier molecular flexibility index (Phi) is 12.5. The molecule has 0 N–H and O–H groups in total. The van der Waals surface area contributed by atoms with Gasteiger partial charge in [-0.15, -0.1) is 0 Å². The second-order valence-electron chi connectivity index (χ2n) is 2.88. The van der Waals surface area contributed by atoms with Gasteiger partial charge in [-0.25, -0.2) is 0 Å². The van der Waals surface area contributed by atoms with Gasteiger partial charge in [-0.3, -0.25) is 0 Å². The van der Waals surface area contributed by atoms with Crippen LogP contribution in [0.4, 0.5) is 0 Å². The summed E-state index contributed by atoms with van der Waals surface area (Å²) in [6.45, 7) is 3.62. The van der Waals surface area contributed by atoms with Crippen molar-refractivity contribution in [1.29, 1.82) is 0 Å². The zero-order valence-electron chi connectivity index (χ0n) is 7.38. The fraction of sp³-hybridized carbons (Fsp3) is 0.250. The van der Waals surface area contributed by atoms with Gasteiger partial charge in [0.15, 0.2) is 17.4 Å². The standard InChI is InChI=1S/C8H11OSi.Al.ClH.Mg.3H/c1-10(2,9)8-6-4-3-5-7-8;;;;;;/h3-7H,1-2H3;;1H;;;;/q-1;;;+2;;;/p-1. The van der Waals surface area contributed by atoms with E-state index in [1.54, 1.807) is 0 Å². The summed E-state index contributed by atoms with van der Waals surface area (Å²) in [5.74, 6) is 0. The first kappa shape index (κ1) is 19.5. The number of hydrogen-bond acceptors (Lipinski definition) is 1. The molecule has 0 fully saturated rings. The molecule has 13 heavy (non-hydrogen) atoms. The molecule has 0 aliphatic heterocycles. The largest absolute Gasteiger partial charge is 2.00 e. The van der Waals surface area contributed by atoms with E-state index in [-0.39, 0.29) is 52.8 Å². The summed E-state index contributed by atoms with van der Waals surface area (Å²) in [4.78, 5) is 11.4. The quantitative estimate of drug-likeness (QED) is 0.458. The van der Waals surface area contributed by atoms with Crippen LogP contribution in [-0.4, -0.2) is 48.7 Å². The molecule has 0 amide bonds.